The molecule has 0 unspecified atom stereocenters. The molecular formula is C29H44FN. The van der Waals surface area contributed by atoms with Crippen LogP contribution in [0.4, 0.5) is 4.39 Å². The molecule has 0 aromatic heterocycles. The van der Waals surface area contributed by atoms with Crippen LogP contribution in [-0.2, 0) is 6.42 Å². The highest BCUT2D eigenvalue weighted by Gasteiger charge is 2.47. The van der Waals surface area contributed by atoms with Crippen LogP contribution in [0, 0.1) is 28.0 Å². The van der Waals surface area contributed by atoms with E-state index in [1.54, 1.807) is 12.1 Å². The fourth-order valence-electron chi connectivity index (χ4n) is 6.29. The van der Waals surface area contributed by atoms with Crippen molar-refractivity contribution >= 4 is 0 Å². The monoisotopic (exact) mass is 425 g/mol. The van der Waals surface area contributed by atoms with Crippen LogP contribution in [0.5, 0.6) is 0 Å². The Labute approximate surface area is 190 Å². The average molecular weight is 426 g/mol. The Morgan fingerprint density at radius 2 is 1.29 bits per heavy atom. The van der Waals surface area contributed by atoms with Gasteiger partial charge in [-0.05, 0) is 86.3 Å². The molecule has 0 radical (unpaired) electrons. The molecule has 4 rings (SSSR count). The van der Waals surface area contributed by atoms with Gasteiger partial charge in [-0.3, -0.25) is 0 Å². The van der Waals surface area contributed by atoms with Gasteiger partial charge in [0.05, 0.1) is 5.56 Å². The van der Waals surface area contributed by atoms with Crippen molar-refractivity contribution in [2.45, 2.75) is 129 Å². The van der Waals surface area contributed by atoms with Crippen LogP contribution < -0.4 is 0 Å². The van der Waals surface area contributed by atoms with Crippen LogP contribution in [0.2, 0.25) is 0 Å². The number of benzene rings is 1. The summed E-state index contributed by atoms with van der Waals surface area (Å²) in [6.07, 6.45) is 26.3. The lowest BCUT2D eigenvalue weighted by atomic mass is 9.51. The van der Waals surface area contributed by atoms with Gasteiger partial charge in [-0.25, -0.2) is 4.39 Å². The average Bonchev–Trinajstić information content (AvgIpc) is 2.80. The minimum atomic E-state index is -0.361. The van der Waals surface area contributed by atoms with E-state index in [-0.39, 0.29) is 11.4 Å². The lowest BCUT2D eigenvalue weighted by molar-refractivity contribution is -0.0205. The van der Waals surface area contributed by atoms with E-state index in [4.69, 9.17) is 5.26 Å². The standard InChI is InChI=1S/C29H44FN/c1-2-3-4-5-6-7-8-9-10-11-15-28-17-20-29(21-18-28,22-19-28)16-14-25-12-13-26(24-31)27(30)23-25/h12-13,23H,2-11,14-22H2,1H3. The van der Waals surface area contributed by atoms with E-state index in [0.717, 1.165) is 12.0 Å². The second-order valence-corrected chi connectivity index (χ2v) is 10.9. The van der Waals surface area contributed by atoms with Gasteiger partial charge in [0.15, 0.2) is 0 Å². The summed E-state index contributed by atoms with van der Waals surface area (Å²) in [5, 5.41) is 8.91. The van der Waals surface area contributed by atoms with Gasteiger partial charge in [0, 0.05) is 0 Å². The Bertz CT molecular complexity index is 691. The highest BCUT2D eigenvalue weighted by Crippen LogP contribution is 2.60. The van der Waals surface area contributed by atoms with Crippen molar-refractivity contribution in [2.75, 3.05) is 0 Å². The summed E-state index contributed by atoms with van der Waals surface area (Å²) in [6.45, 7) is 2.29. The summed E-state index contributed by atoms with van der Waals surface area (Å²) in [4.78, 5) is 0. The fraction of sp³-hybridized carbons (Fsp3) is 0.759. The third-order valence-electron chi connectivity index (χ3n) is 8.72. The van der Waals surface area contributed by atoms with Gasteiger partial charge in [0.2, 0.25) is 0 Å². The summed E-state index contributed by atoms with van der Waals surface area (Å²) < 4.78 is 13.9. The molecule has 2 bridgehead atoms. The number of nitriles is 1. The normalized spacial score (nSPS) is 24.9. The van der Waals surface area contributed by atoms with Crippen molar-refractivity contribution in [3.8, 4) is 6.07 Å². The Morgan fingerprint density at radius 1 is 0.774 bits per heavy atom. The van der Waals surface area contributed by atoms with E-state index < -0.39 is 0 Å². The molecule has 0 amide bonds. The number of fused-ring (bicyclic) bond motifs is 3. The van der Waals surface area contributed by atoms with Gasteiger partial charge in [-0.1, -0.05) is 77.2 Å². The second kappa shape index (κ2) is 12.0. The summed E-state index contributed by atoms with van der Waals surface area (Å²) in [7, 11) is 0. The molecule has 3 saturated carbocycles. The molecule has 3 aliphatic rings. The van der Waals surface area contributed by atoms with Crippen LogP contribution in [0.25, 0.3) is 0 Å². The quantitative estimate of drug-likeness (QED) is 0.272. The Kier molecular flexibility index (Phi) is 9.43. The maximum absolute atomic E-state index is 13.9. The topological polar surface area (TPSA) is 23.8 Å². The number of rotatable bonds is 14. The number of hydrogen-bond acceptors (Lipinski definition) is 1. The summed E-state index contributed by atoms with van der Waals surface area (Å²) >= 11 is 0. The second-order valence-electron chi connectivity index (χ2n) is 10.9. The highest BCUT2D eigenvalue weighted by atomic mass is 19.1. The molecule has 172 valence electrons. The van der Waals surface area contributed by atoms with Gasteiger partial charge in [0.25, 0.3) is 0 Å². The van der Waals surface area contributed by atoms with Crippen molar-refractivity contribution in [3.05, 3.63) is 35.1 Å². The molecule has 2 heteroatoms. The molecule has 3 aliphatic carbocycles. The minimum Gasteiger partial charge on any atom is -0.206 e. The molecule has 3 fully saturated rings. The summed E-state index contributed by atoms with van der Waals surface area (Å²) in [6, 6.07) is 7.09. The summed E-state index contributed by atoms with van der Waals surface area (Å²) in [5.41, 5.74) is 2.37. The first-order chi connectivity index (χ1) is 15.1. The smallest absolute Gasteiger partial charge is 0.141 e. The van der Waals surface area contributed by atoms with E-state index in [2.05, 4.69) is 6.92 Å². The van der Waals surface area contributed by atoms with Crippen LogP contribution in [0.3, 0.4) is 0 Å². The van der Waals surface area contributed by atoms with Crippen LogP contribution in [-0.4, -0.2) is 0 Å². The first kappa shape index (κ1) is 24.3. The molecule has 0 saturated heterocycles. The molecule has 0 spiro atoms. The molecule has 0 N–H and O–H groups in total. The predicted octanol–water partition coefficient (Wildman–Crippen LogP) is 9.28. The van der Waals surface area contributed by atoms with Gasteiger partial charge in [-0.15, -0.1) is 0 Å². The van der Waals surface area contributed by atoms with Crippen molar-refractivity contribution in [3.63, 3.8) is 0 Å². The lowest BCUT2D eigenvalue weighted by Crippen LogP contribution is -2.41. The van der Waals surface area contributed by atoms with Gasteiger partial charge in [0.1, 0.15) is 11.9 Å². The number of nitrogens with zero attached hydrogens (tertiary/aromatic N) is 1. The molecular weight excluding hydrogens is 381 g/mol. The van der Waals surface area contributed by atoms with E-state index in [0.29, 0.717) is 10.8 Å². The largest absolute Gasteiger partial charge is 0.206 e. The Balaban J connectivity index is 1.31. The number of unbranched alkanes of at least 4 members (excludes halogenated alkanes) is 9. The maximum Gasteiger partial charge on any atom is 0.141 e. The molecule has 1 nitrogen and oxygen atoms in total. The summed E-state index contributed by atoms with van der Waals surface area (Å²) in [5.74, 6) is -0.361. The highest BCUT2D eigenvalue weighted by molar-refractivity contribution is 5.33. The van der Waals surface area contributed by atoms with E-state index in [1.165, 1.54) is 116 Å². The van der Waals surface area contributed by atoms with Crippen LogP contribution >= 0.6 is 0 Å². The third kappa shape index (κ3) is 7.06. The van der Waals surface area contributed by atoms with E-state index >= 15 is 0 Å². The maximum atomic E-state index is 13.9. The molecule has 1 aromatic carbocycles. The Hall–Kier alpha value is -1.36. The van der Waals surface area contributed by atoms with Gasteiger partial charge >= 0.3 is 0 Å². The third-order valence-corrected chi connectivity index (χ3v) is 8.72. The van der Waals surface area contributed by atoms with Crippen LogP contribution in [0.15, 0.2) is 18.2 Å². The lowest BCUT2D eigenvalue weighted by Gasteiger charge is -2.54. The number of halogens is 1. The van der Waals surface area contributed by atoms with E-state index in [9.17, 15) is 4.39 Å². The first-order valence-corrected chi connectivity index (χ1v) is 13.3. The van der Waals surface area contributed by atoms with Crippen molar-refractivity contribution in [2.24, 2.45) is 10.8 Å². The molecule has 31 heavy (non-hydrogen) atoms. The van der Waals surface area contributed by atoms with Gasteiger partial charge in [-0.2, -0.15) is 5.26 Å². The number of hydrogen-bond donors (Lipinski definition) is 0. The van der Waals surface area contributed by atoms with Crippen molar-refractivity contribution in [1.82, 2.24) is 0 Å². The zero-order valence-electron chi connectivity index (χ0n) is 20.0. The molecule has 0 heterocycles. The van der Waals surface area contributed by atoms with Crippen LogP contribution in [0.1, 0.15) is 134 Å². The number of aryl methyl sites for hydroxylation is 1. The molecule has 0 atom stereocenters. The van der Waals surface area contributed by atoms with Gasteiger partial charge < -0.3 is 0 Å². The predicted molar refractivity (Wildman–Crippen MR) is 128 cm³/mol. The molecule has 1 aromatic rings. The first-order valence-electron chi connectivity index (χ1n) is 13.3. The van der Waals surface area contributed by atoms with E-state index in [1.807, 2.05) is 12.1 Å². The SMILES string of the molecule is CCCCCCCCCCCCC12CCC(CCc3ccc(C#N)c(F)c3)(CC1)CC2. The minimum absolute atomic E-state index is 0.161. The Morgan fingerprint density at radius 3 is 1.81 bits per heavy atom. The zero-order chi connectivity index (χ0) is 22.0. The fourth-order valence-corrected chi connectivity index (χ4v) is 6.29. The molecule has 0 aliphatic heterocycles. The zero-order valence-corrected chi connectivity index (χ0v) is 20.0. The van der Waals surface area contributed by atoms with Crippen molar-refractivity contribution in [1.29, 1.82) is 5.26 Å². The van der Waals surface area contributed by atoms with Crippen molar-refractivity contribution < 1.29 is 4.39 Å².